The fourth-order valence-electron chi connectivity index (χ4n) is 1.93. The fourth-order valence-corrected chi connectivity index (χ4v) is 2.09. The summed E-state index contributed by atoms with van der Waals surface area (Å²) in [5.41, 5.74) is 0.277. The lowest BCUT2D eigenvalue weighted by molar-refractivity contribution is -0.384. The van der Waals surface area contributed by atoms with Gasteiger partial charge in [0.25, 0.3) is 11.6 Å². The fraction of sp³-hybridized carbons (Fsp3) is 0.0588. The van der Waals surface area contributed by atoms with Gasteiger partial charge in [-0.3, -0.25) is 14.9 Å². The second-order valence-corrected chi connectivity index (χ2v) is 5.23. The second kappa shape index (κ2) is 7.95. The van der Waals surface area contributed by atoms with Crippen molar-refractivity contribution in [3.05, 3.63) is 68.7 Å². The number of nitro benzene ring substituents is 1. The zero-order valence-electron chi connectivity index (χ0n) is 13.0. The molecule has 7 nitrogen and oxygen atoms in total. The Kier molecular flexibility index (Phi) is 5.71. The molecule has 0 aliphatic carbocycles. The minimum Gasteiger partial charge on any atom is -0.497 e. The molecule has 0 spiro atoms. The molecule has 2 rings (SSSR count). The molecule has 25 heavy (non-hydrogen) atoms. The molecule has 0 bridgehead atoms. The molecular formula is C17H12ClN3O4. The van der Waals surface area contributed by atoms with Crippen molar-refractivity contribution >= 4 is 35.0 Å². The molecule has 0 saturated heterocycles. The van der Waals surface area contributed by atoms with Crippen LogP contribution in [0.15, 0.2) is 48.0 Å². The Morgan fingerprint density at radius 3 is 2.56 bits per heavy atom. The lowest BCUT2D eigenvalue weighted by Crippen LogP contribution is -2.14. The van der Waals surface area contributed by atoms with Crippen LogP contribution in [0.4, 0.5) is 11.4 Å². The number of benzene rings is 2. The Bertz CT molecular complexity index is 886. The van der Waals surface area contributed by atoms with Crippen LogP contribution in [0, 0.1) is 21.4 Å². The van der Waals surface area contributed by atoms with Crippen molar-refractivity contribution in [2.45, 2.75) is 0 Å². The Hall–Kier alpha value is -3.37. The topological polar surface area (TPSA) is 105 Å². The largest absolute Gasteiger partial charge is 0.497 e. The van der Waals surface area contributed by atoms with E-state index in [1.165, 1.54) is 25.3 Å². The highest BCUT2D eigenvalue weighted by Crippen LogP contribution is 2.27. The molecule has 0 aromatic heterocycles. The SMILES string of the molecule is COc1ccc(/C=C(\C#N)C(=O)Nc2cc([N+](=O)[O-])ccc2Cl)cc1. The van der Waals surface area contributed by atoms with Crippen molar-refractivity contribution in [3.8, 4) is 11.8 Å². The van der Waals surface area contributed by atoms with Crippen molar-refractivity contribution in [2.75, 3.05) is 12.4 Å². The number of non-ortho nitro benzene ring substituents is 1. The molecule has 0 heterocycles. The number of hydrogen-bond donors (Lipinski definition) is 1. The van der Waals surface area contributed by atoms with Crippen LogP contribution >= 0.6 is 11.6 Å². The Morgan fingerprint density at radius 1 is 1.32 bits per heavy atom. The number of hydrogen-bond acceptors (Lipinski definition) is 5. The molecule has 0 fully saturated rings. The molecule has 2 aromatic rings. The first kappa shape index (κ1) is 18.0. The number of methoxy groups -OCH3 is 1. The van der Waals surface area contributed by atoms with Crippen LogP contribution < -0.4 is 10.1 Å². The van der Waals surface area contributed by atoms with E-state index in [0.29, 0.717) is 11.3 Å². The molecule has 2 aromatic carbocycles. The first-order valence-electron chi connectivity index (χ1n) is 6.95. The van der Waals surface area contributed by atoms with Crippen LogP contribution in [-0.4, -0.2) is 17.9 Å². The van der Waals surface area contributed by atoms with Crippen LogP contribution in [0.2, 0.25) is 5.02 Å². The van der Waals surface area contributed by atoms with E-state index in [2.05, 4.69) is 5.32 Å². The third kappa shape index (κ3) is 4.56. The van der Waals surface area contributed by atoms with E-state index in [4.69, 9.17) is 16.3 Å². The number of amides is 1. The Morgan fingerprint density at radius 2 is 2.00 bits per heavy atom. The van der Waals surface area contributed by atoms with Crippen LogP contribution in [0.3, 0.4) is 0 Å². The normalized spacial score (nSPS) is 10.7. The number of nitrogens with zero attached hydrogens (tertiary/aromatic N) is 2. The minimum absolute atomic E-state index is 0.0525. The van der Waals surface area contributed by atoms with Gasteiger partial charge >= 0.3 is 0 Å². The number of nitriles is 1. The van der Waals surface area contributed by atoms with Gasteiger partial charge in [-0.05, 0) is 29.8 Å². The van der Waals surface area contributed by atoms with E-state index in [1.54, 1.807) is 30.3 Å². The van der Waals surface area contributed by atoms with Crippen LogP contribution in [0.5, 0.6) is 5.75 Å². The van der Waals surface area contributed by atoms with E-state index in [-0.39, 0.29) is 22.0 Å². The number of rotatable bonds is 5. The number of halogens is 1. The molecule has 0 aliphatic rings. The van der Waals surface area contributed by atoms with E-state index < -0.39 is 10.8 Å². The van der Waals surface area contributed by atoms with Crippen molar-refractivity contribution in [2.24, 2.45) is 0 Å². The molecule has 0 aliphatic heterocycles. The summed E-state index contributed by atoms with van der Waals surface area (Å²) in [7, 11) is 1.53. The molecular weight excluding hydrogens is 346 g/mol. The van der Waals surface area contributed by atoms with Crippen molar-refractivity contribution in [1.29, 1.82) is 5.26 Å². The summed E-state index contributed by atoms with van der Waals surface area (Å²) in [5.74, 6) is -0.0794. The van der Waals surface area contributed by atoms with E-state index in [1.807, 2.05) is 0 Å². The van der Waals surface area contributed by atoms with Crippen molar-refractivity contribution in [1.82, 2.24) is 0 Å². The van der Waals surface area contributed by atoms with E-state index in [9.17, 15) is 20.2 Å². The van der Waals surface area contributed by atoms with Gasteiger partial charge in [0.1, 0.15) is 17.4 Å². The van der Waals surface area contributed by atoms with Gasteiger partial charge in [-0.15, -0.1) is 0 Å². The lowest BCUT2D eigenvalue weighted by Gasteiger charge is -2.06. The summed E-state index contributed by atoms with van der Waals surface area (Å²) in [6, 6.07) is 12.2. The van der Waals surface area contributed by atoms with Crippen molar-refractivity contribution in [3.63, 3.8) is 0 Å². The molecule has 1 N–H and O–H groups in total. The lowest BCUT2D eigenvalue weighted by atomic mass is 10.1. The van der Waals surface area contributed by atoms with Gasteiger partial charge in [0, 0.05) is 12.1 Å². The number of nitro groups is 1. The third-order valence-electron chi connectivity index (χ3n) is 3.20. The summed E-state index contributed by atoms with van der Waals surface area (Å²) in [5, 5.41) is 22.5. The van der Waals surface area contributed by atoms with E-state index in [0.717, 1.165) is 6.07 Å². The average molecular weight is 358 g/mol. The first-order valence-corrected chi connectivity index (χ1v) is 7.33. The highest BCUT2D eigenvalue weighted by atomic mass is 35.5. The molecule has 0 saturated carbocycles. The molecule has 1 amide bonds. The van der Waals surface area contributed by atoms with Gasteiger partial charge in [0.05, 0.1) is 22.7 Å². The predicted octanol–water partition coefficient (Wildman–Crippen LogP) is 3.80. The number of carbonyl (C=O) groups excluding carboxylic acids is 1. The van der Waals surface area contributed by atoms with Crippen LogP contribution in [0.1, 0.15) is 5.56 Å². The summed E-state index contributed by atoms with van der Waals surface area (Å²) in [6.45, 7) is 0. The molecule has 8 heteroatoms. The molecule has 0 radical (unpaired) electrons. The van der Waals surface area contributed by atoms with Crippen LogP contribution in [-0.2, 0) is 4.79 Å². The monoisotopic (exact) mass is 357 g/mol. The highest BCUT2D eigenvalue weighted by Gasteiger charge is 2.15. The van der Waals surface area contributed by atoms with Gasteiger partial charge in [0.15, 0.2) is 0 Å². The standard InChI is InChI=1S/C17H12ClN3O4/c1-25-14-5-2-11(3-6-14)8-12(10-19)17(22)20-16-9-13(21(23)24)4-7-15(16)18/h2-9H,1H3,(H,20,22)/b12-8+. The average Bonchev–Trinajstić information content (AvgIpc) is 2.61. The Balaban J connectivity index is 2.25. The number of carbonyl (C=O) groups is 1. The van der Waals surface area contributed by atoms with Gasteiger partial charge in [-0.1, -0.05) is 23.7 Å². The minimum atomic E-state index is -0.722. The summed E-state index contributed by atoms with van der Waals surface area (Å²) < 4.78 is 5.04. The van der Waals surface area contributed by atoms with E-state index >= 15 is 0 Å². The number of anilines is 1. The highest BCUT2D eigenvalue weighted by molar-refractivity contribution is 6.34. The summed E-state index contributed by atoms with van der Waals surface area (Å²) >= 11 is 5.93. The van der Waals surface area contributed by atoms with Gasteiger partial charge in [-0.2, -0.15) is 5.26 Å². The zero-order chi connectivity index (χ0) is 18.4. The van der Waals surface area contributed by atoms with Gasteiger partial charge in [-0.25, -0.2) is 0 Å². The maximum Gasteiger partial charge on any atom is 0.271 e. The van der Waals surface area contributed by atoms with Crippen molar-refractivity contribution < 1.29 is 14.5 Å². The van der Waals surface area contributed by atoms with Gasteiger partial charge < -0.3 is 10.1 Å². The quantitative estimate of drug-likeness (QED) is 0.379. The maximum absolute atomic E-state index is 12.2. The summed E-state index contributed by atoms with van der Waals surface area (Å²) in [6.07, 6.45) is 1.39. The first-order chi connectivity index (χ1) is 11.9. The maximum atomic E-state index is 12.2. The predicted molar refractivity (Wildman–Crippen MR) is 93.3 cm³/mol. The van der Waals surface area contributed by atoms with Gasteiger partial charge in [0.2, 0.25) is 0 Å². The molecule has 0 unspecified atom stereocenters. The summed E-state index contributed by atoms with van der Waals surface area (Å²) in [4.78, 5) is 22.5. The van der Waals surface area contributed by atoms with Crippen LogP contribution in [0.25, 0.3) is 6.08 Å². The number of ether oxygens (including phenoxy) is 1. The number of nitrogens with one attached hydrogen (secondary N) is 1. The molecule has 0 atom stereocenters. The smallest absolute Gasteiger partial charge is 0.271 e. The second-order valence-electron chi connectivity index (χ2n) is 4.82. The Labute approximate surface area is 148 Å². The zero-order valence-corrected chi connectivity index (χ0v) is 13.8. The third-order valence-corrected chi connectivity index (χ3v) is 3.53. The molecule has 126 valence electrons.